The molecule has 0 N–H and O–H groups in total. The molecule has 0 aromatic heterocycles. The van der Waals surface area contributed by atoms with Gasteiger partial charge in [0.1, 0.15) is 0 Å². The van der Waals surface area contributed by atoms with Crippen LogP contribution >= 0.6 is 0 Å². The van der Waals surface area contributed by atoms with Crippen molar-refractivity contribution >= 4 is 23.5 Å². The molecule has 134 valence electrons. The van der Waals surface area contributed by atoms with Crippen LogP contribution in [0, 0.1) is 5.92 Å². The number of benzene rings is 1. The lowest BCUT2D eigenvalue weighted by Gasteiger charge is -2.34. The Kier molecular flexibility index (Phi) is 5.18. The number of anilines is 1. The first-order chi connectivity index (χ1) is 12.0. The Morgan fingerprint density at radius 3 is 2.60 bits per heavy atom. The summed E-state index contributed by atoms with van der Waals surface area (Å²) in [7, 11) is 0. The molecule has 0 spiro atoms. The first-order valence-electron chi connectivity index (χ1n) is 8.89. The number of hydrogen-bond donors (Lipinski definition) is 0. The van der Waals surface area contributed by atoms with E-state index in [0.29, 0.717) is 23.8 Å². The topological polar surface area (TPSA) is 66.9 Å². The minimum Gasteiger partial charge on any atom is -0.462 e. The van der Waals surface area contributed by atoms with E-state index >= 15 is 0 Å². The first kappa shape index (κ1) is 17.6. The van der Waals surface area contributed by atoms with Gasteiger partial charge in [-0.3, -0.25) is 14.5 Å². The molecule has 1 aromatic rings. The molecule has 3 rings (SSSR count). The van der Waals surface area contributed by atoms with Crippen molar-refractivity contribution in [3.8, 4) is 0 Å². The average molecular weight is 344 g/mol. The number of esters is 1. The molecule has 2 aliphatic heterocycles. The predicted octanol–water partition coefficient (Wildman–Crippen LogP) is 2.23. The zero-order valence-electron chi connectivity index (χ0n) is 14.7. The molecule has 2 aliphatic rings. The van der Waals surface area contributed by atoms with Gasteiger partial charge < -0.3 is 4.74 Å². The number of nitrogens with zero attached hydrogens (tertiary/aromatic N) is 2. The zero-order valence-corrected chi connectivity index (χ0v) is 14.7. The molecular formula is C19H24N2O4. The van der Waals surface area contributed by atoms with E-state index in [4.69, 9.17) is 4.74 Å². The predicted molar refractivity (Wildman–Crippen MR) is 93.3 cm³/mol. The van der Waals surface area contributed by atoms with Gasteiger partial charge in [-0.05, 0) is 56.5 Å². The highest BCUT2D eigenvalue weighted by Gasteiger charge is 2.43. The Morgan fingerprint density at radius 2 is 1.96 bits per heavy atom. The van der Waals surface area contributed by atoms with Crippen LogP contribution < -0.4 is 4.90 Å². The molecule has 0 saturated carbocycles. The van der Waals surface area contributed by atoms with E-state index in [-0.39, 0.29) is 24.3 Å². The summed E-state index contributed by atoms with van der Waals surface area (Å²) in [5, 5.41) is 0. The molecule has 2 fully saturated rings. The van der Waals surface area contributed by atoms with Crippen LogP contribution in [0.3, 0.4) is 0 Å². The Morgan fingerprint density at radius 1 is 1.24 bits per heavy atom. The maximum Gasteiger partial charge on any atom is 0.338 e. The summed E-state index contributed by atoms with van der Waals surface area (Å²) < 4.78 is 4.95. The third-order valence-electron chi connectivity index (χ3n) is 4.89. The Bertz CT molecular complexity index is 671. The second kappa shape index (κ2) is 7.35. The molecule has 6 heteroatoms. The Balaban J connectivity index is 1.75. The fourth-order valence-electron chi connectivity index (χ4n) is 3.64. The van der Waals surface area contributed by atoms with E-state index in [0.717, 1.165) is 19.5 Å². The molecule has 25 heavy (non-hydrogen) atoms. The van der Waals surface area contributed by atoms with E-state index in [1.165, 1.54) is 11.3 Å². The molecule has 0 unspecified atom stereocenters. The lowest BCUT2D eigenvalue weighted by molar-refractivity contribution is -0.123. The molecule has 6 nitrogen and oxygen atoms in total. The van der Waals surface area contributed by atoms with Gasteiger partial charge in [0.05, 0.1) is 30.3 Å². The number of rotatable bonds is 4. The van der Waals surface area contributed by atoms with Crippen molar-refractivity contribution in [3.05, 3.63) is 29.8 Å². The molecule has 0 radical (unpaired) electrons. The summed E-state index contributed by atoms with van der Waals surface area (Å²) >= 11 is 0. The second-order valence-corrected chi connectivity index (χ2v) is 6.80. The monoisotopic (exact) mass is 344 g/mol. The van der Waals surface area contributed by atoms with Gasteiger partial charge in [0.15, 0.2) is 0 Å². The van der Waals surface area contributed by atoms with Crippen molar-refractivity contribution in [2.75, 3.05) is 24.6 Å². The molecule has 2 saturated heterocycles. The molecule has 0 bridgehead atoms. The smallest absolute Gasteiger partial charge is 0.338 e. The van der Waals surface area contributed by atoms with Crippen LogP contribution in [0.5, 0.6) is 0 Å². The van der Waals surface area contributed by atoms with E-state index in [9.17, 15) is 14.4 Å². The van der Waals surface area contributed by atoms with E-state index in [1.54, 1.807) is 31.2 Å². The van der Waals surface area contributed by atoms with Crippen LogP contribution in [0.25, 0.3) is 0 Å². The second-order valence-electron chi connectivity index (χ2n) is 6.80. The van der Waals surface area contributed by atoms with Crippen LogP contribution in [0.4, 0.5) is 5.69 Å². The number of carbonyl (C=O) groups is 3. The summed E-state index contributed by atoms with van der Waals surface area (Å²) in [5.74, 6) is -0.206. The SMILES string of the molecule is CCOC(=O)c1ccc(N2C(=O)C[C@H](N3CCC[C@H](C)C3)C2=O)cc1. The number of ether oxygens (including phenoxy) is 1. The summed E-state index contributed by atoms with van der Waals surface area (Å²) in [5.41, 5.74) is 0.918. The Hall–Kier alpha value is -2.21. The zero-order chi connectivity index (χ0) is 18.0. The van der Waals surface area contributed by atoms with Crippen LogP contribution in [0.2, 0.25) is 0 Å². The molecule has 2 amide bonds. The quantitative estimate of drug-likeness (QED) is 0.619. The fourth-order valence-corrected chi connectivity index (χ4v) is 3.64. The summed E-state index contributed by atoms with van der Waals surface area (Å²) in [6.45, 7) is 5.96. The van der Waals surface area contributed by atoms with Crippen molar-refractivity contribution in [2.24, 2.45) is 5.92 Å². The first-order valence-corrected chi connectivity index (χ1v) is 8.89. The van der Waals surface area contributed by atoms with Gasteiger partial charge in [-0.25, -0.2) is 9.69 Å². The van der Waals surface area contributed by atoms with Gasteiger partial charge in [0, 0.05) is 6.54 Å². The molecule has 0 aliphatic carbocycles. The van der Waals surface area contributed by atoms with E-state index < -0.39 is 5.97 Å². The van der Waals surface area contributed by atoms with Gasteiger partial charge in [-0.1, -0.05) is 6.92 Å². The normalized spacial score (nSPS) is 24.6. The van der Waals surface area contributed by atoms with E-state index in [1.807, 2.05) is 0 Å². The van der Waals surface area contributed by atoms with Gasteiger partial charge in [0.25, 0.3) is 5.91 Å². The lowest BCUT2D eigenvalue weighted by Crippen LogP contribution is -2.46. The fraction of sp³-hybridized carbons (Fsp3) is 0.526. The number of hydrogen-bond acceptors (Lipinski definition) is 5. The lowest BCUT2D eigenvalue weighted by atomic mass is 9.98. The van der Waals surface area contributed by atoms with Crippen LogP contribution in [0.1, 0.15) is 43.5 Å². The summed E-state index contributed by atoms with van der Waals surface area (Å²) in [4.78, 5) is 40.4. The number of imide groups is 1. The largest absolute Gasteiger partial charge is 0.462 e. The number of likely N-dealkylation sites (tertiary alicyclic amines) is 1. The highest BCUT2D eigenvalue weighted by atomic mass is 16.5. The van der Waals surface area contributed by atoms with Crippen molar-refractivity contribution < 1.29 is 19.1 Å². The van der Waals surface area contributed by atoms with Gasteiger partial charge in [-0.15, -0.1) is 0 Å². The summed E-state index contributed by atoms with van der Waals surface area (Å²) in [6.07, 6.45) is 2.46. The van der Waals surface area contributed by atoms with Crippen LogP contribution in [-0.4, -0.2) is 48.4 Å². The molecule has 1 aromatic carbocycles. The van der Waals surface area contributed by atoms with Gasteiger partial charge >= 0.3 is 5.97 Å². The van der Waals surface area contributed by atoms with Crippen molar-refractivity contribution in [1.82, 2.24) is 4.90 Å². The van der Waals surface area contributed by atoms with E-state index in [2.05, 4.69) is 11.8 Å². The van der Waals surface area contributed by atoms with Gasteiger partial charge in [0.2, 0.25) is 5.91 Å². The summed E-state index contributed by atoms with van der Waals surface area (Å²) in [6, 6.07) is 6.07. The Labute approximate surface area is 147 Å². The van der Waals surface area contributed by atoms with Crippen LogP contribution in [-0.2, 0) is 14.3 Å². The maximum absolute atomic E-state index is 12.8. The van der Waals surface area contributed by atoms with Gasteiger partial charge in [-0.2, -0.15) is 0 Å². The number of piperidine rings is 1. The highest BCUT2D eigenvalue weighted by Crippen LogP contribution is 2.28. The number of amides is 2. The third-order valence-corrected chi connectivity index (χ3v) is 4.89. The van der Waals surface area contributed by atoms with Crippen molar-refractivity contribution in [2.45, 2.75) is 39.2 Å². The molecule has 2 atom stereocenters. The maximum atomic E-state index is 12.8. The minimum absolute atomic E-state index is 0.164. The standard InChI is InChI=1S/C19H24N2O4/c1-3-25-19(24)14-6-8-15(9-7-14)21-17(22)11-16(18(21)23)20-10-4-5-13(2)12-20/h6-9,13,16H,3-5,10-12H2,1-2H3/t13-,16-/m0/s1. The van der Waals surface area contributed by atoms with Crippen LogP contribution in [0.15, 0.2) is 24.3 Å². The minimum atomic E-state index is -0.409. The highest BCUT2D eigenvalue weighted by molar-refractivity contribution is 6.22. The third kappa shape index (κ3) is 3.58. The van der Waals surface area contributed by atoms with Crippen molar-refractivity contribution in [3.63, 3.8) is 0 Å². The average Bonchev–Trinajstić information content (AvgIpc) is 2.90. The molecular weight excluding hydrogens is 320 g/mol. The molecule has 2 heterocycles. The van der Waals surface area contributed by atoms with Crippen molar-refractivity contribution in [1.29, 1.82) is 0 Å². The number of carbonyl (C=O) groups excluding carboxylic acids is 3.